The molecule has 0 spiro atoms. The number of carboxylic acid groups (broad SMARTS) is 1. The lowest BCUT2D eigenvalue weighted by Gasteiger charge is -2.24. The molecule has 9 heteroatoms. The molecule has 1 aromatic heterocycles. The molecule has 2 N–H and O–H groups in total. The number of hydrogen-bond acceptors (Lipinski definition) is 6. The van der Waals surface area contributed by atoms with Gasteiger partial charge in [0.2, 0.25) is 5.91 Å². The number of carboxylic acids is 1. The van der Waals surface area contributed by atoms with Crippen molar-refractivity contribution in [2.75, 3.05) is 13.7 Å². The van der Waals surface area contributed by atoms with Gasteiger partial charge in [0.25, 0.3) is 0 Å². The van der Waals surface area contributed by atoms with E-state index in [9.17, 15) is 14.4 Å². The second-order valence-corrected chi connectivity index (χ2v) is 8.36. The van der Waals surface area contributed by atoms with Gasteiger partial charge < -0.3 is 20.1 Å². The third-order valence-corrected chi connectivity index (χ3v) is 5.98. The molecule has 0 radical (unpaired) electrons. The number of aliphatic carboxylic acids is 1. The van der Waals surface area contributed by atoms with Crippen LogP contribution in [0, 0.1) is 0 Å². The average Bonchev–Trinajstić information content (AvgIpc) is 3.19. The van der Waals surface area contributed by atoms with Crippen LogP contribution in [0.15, 0.2) is 66.9 Å². The standard InChI is InChI=1S/C26H26N4O5/c1-30(15-17-7-6-14-27-29-17)25(33)23(12-13-24(31)32)28-26(34)35-16-22-20-10-4-2-8-18(20)19-9-3-5-11-21(19)22/h2-11,14,22-23H,12-13,15-16H2,1H3,(H,28,34)(H,31,32). The topological polar surface area (TPSA) is 122 Å². The summed E-state index contributed by atoms with van der Waals surface area (Å²) in [6.07, 6.45) is 0.408. The largest absolute Gasteiger partial charge is 0.481 e. The zero-order valence-corrected chi connectivity index (χ0v) is 19.3. The number of nitrogens with one attached hydrogen (secondary N) is 1. The summed E-state index contributed by atoms with van der Waals surface area (Å²) in [5.41, 5.74) is 4.93. The van der Waals surface area contributed by atoms with Crippen molar-refractivity contribution >= 4 is 18.0 Å². The lowest BCUT2D eigenvalue weighted by molar-refractivity contribution is -0.138. The van der Waals surface area contributed by atoms with Crippen LogP contribution < -0.4 is 5.32 Å². The van der Waals surface area contributed by atoms with E-state index in [0.29, 0.717) is 5.69 Å². The number of fused-ring (bicyclic) bond motifs is 3. The van der Waals surface area contributed by atoms with Gasteiger partial charge in [0, 0.05) is 25.6 Å². The predicted molar refractivity (Wildman–Crippen MR) is 127 cm³/mol. The minimum absolute atomic E-state index is 0.0663. The van der Waals surface area contributed by atoms with Gasteiger partial charge in [-0.1, -0.05) is 48.5 Å². The molecule has 0 fully saturated rings. The second-order valence-electron chi connectivity index (χ2n) is 8.36. The third kappa shape index (κ3) is 5.63. The van der Waals surface area contributed by atoms with Gasteiger partial charge in [-0.15, -0.1) is 0 Å². The number of likely N-dealkylation sites (N-methyl/N-ethyl adjacent to an activating group) is 1. The minimum atomic E-state index is -1.06. The fourth-order valence-electron chi connectivity index (χ4n) is 4.31. The number of alkyl carbamates (subject to hydrolysis) is 1. The van der Waals surface area contributed by atoms with Gasteiger partial charge in [-0.05, 0) is 40.8 Å². The van der Waals surface area contributed by atoms with E-state index in [-0.39, 0.29) is 31.9 Å². The Hall–Kier alpha value is -4.27. The summed E-state index contributed by atoms with van der Waals surface area (Å²) >= 11 is 0. The summed E-state index contributed by atoms with van der Waals surface area (Å²) in [4.78, 5) is 38.2. The summed E-state index contributed by atoms with van der Waals surface area (Å²) in [5.74, 6) is -1.63. The van der Waals surface area contributed by atoms with Gasteiger partial charge in [0.05, 0.1) is 12.2 Å². The quantitative estimate of drug-likeness (QED) is 0.488. The first-order chi connectivity index (χ1) is 16.9. The maximum Gasteiger partial charge on any atom is 0.407 e. The van der Waals surface area contributed by atoms with E-state index < -0.39 is 24.0 Å². The number of aromatic nitrogens is 2. The lowest BCUT2D eigenvalue weighted by atomic mass is 9.98. The molecule has 4 rings (SSSR count). The molecule has 35 heavy (non-hydrogen) atoms. The van der Waals surface area contributed by atoms with Gasteiger partial charge >= 0.3 is 12.1 Å². The number of amides is 2. The first kappa shape index (κ1) is 23.9. The van der Waals surface area contributed by atoms with Gasteiger partial charge in [-0.2, -0.15) is 10.2 Å². The van der Waals surface area contributed by atoms with Crippen LogP contribution in [-0.4, -0.2) is 57.9 Å². The van der Waals surface area contributed by atoms with Crippen molar-refractivity contribution in [3.63, 3.8) is 0 Å². The monoisotopic (exact) mass is 474 g/mol. The van der Waals surface area contributed by atoms with Gasteiger partial charge in [-0.3, -0.25) is 9.59 Å². The molecule has 3 aromatic rings. The zero-order chi connectivity index (χ0) is 24.8. The highest BCUT2D eigenvalue weighted by molar-refractivity contribution is 5.86. The third-order valence-electron chi connectivity index (χ3n) is 5.98. The number of hydrogen-bond donors (Lipinski definition) is 2. The molecule has 1 aliphatic rings. The van der Waals surface area contributed by atoms with Crippen LogP contribution in [0.3, 0.4) is 0 Å². The van der Waals surface area contributed by atoms with E-state index >= 15 is 0 Å². The van der Waals surface area contributed by atoms with Crippen LogP contribution in [0.25, 0.3) is 11.1 Å². The highest BCUT2D eigenvalue weighted by Crippen LogP contribution is 2.44. The molecular formula is C26H26N4O5. The summed E-state index contributed by atoms with van der Waals surface area (Å²) in [7, 11) is 1.56. The van der Waals surface area contributed by atoms with Crippen molar-refractivity contribution in [1.82, 2.24) is 20.4 Å². The van der Waals surface area contributed by atoms with Crippen molar-refractivity contribution in [3.8, 4) is 11.1 Å². The minimum Gasteiger partial charge on any atom is -0.481 e. The Morgan fingerprint density at radius 2 is 1.69 bits per heavy atom. The molecular weight excluding hydrogens is 448 g/mol. The van der Waals surface area contributed by atoms with Gasteiger partial charge in [0.15, 0.2) is 0 Å². The van der Waals surface area contributed by atoms with E-state index in [4.69, 9.17) is 9.84 Å². The molecule has 0 aliphatic heterocycles. The molecule has 2 aromatic carbocycles. The molecule has 0 saturated carbocycles. The average molecular weight is 475 g/mol. The Bertz CT molecular complexity index is 1170. The van der Waals surface area contributed by atoms with Crippen LogP contribution in [0.4, 0.5) is 4.79 Å². The summed E-state index contributed by atoms with van der Waals surface area (Å²) in [5, 5.41) is 19.4. The van der Waals surface area contributed by atoms with Crippen LogP contribution in [0.2, 0.25) is 0 Å². The molecule has 1 heterocycles. The van der Waals surface area contributed by atoms with Crippen LogP contribution in [-0.2, 0) is 20.9 Å². The van der Waals surface area contributed by atoms with E-state index in [1.165, 1.54) is 11.1 Å². The normalized spacial score (nSPS) is 12.8. The van der Waals surface area contributed by atoms with Crippen molar-refractivity contribution in [2.45, 2.75) is 31.3 Å². The Morgan fingerprint density at radius 3 is 2.29 bits per heavy atom. The maximum absolute atomic E-state index is 13.0. The molecule has 9 nitrogen and oxygen atoms in total. The van der Waals surface area contributed by atoms with E-state index in [1.807, 2.05) is 48.5 Å². The van der Waals surface area contributed by atoms with Crippen LogP contribution >= 0.6 is 0 Å². The lowest BCUT2D eigenvalue weighted by Crippen LogP contribution is -2.47. The van der Waals surface area contributed by atoms with E-state index in [0.717, 1.165) is 22.3 Å². The number of benzene rings is 2. The van der Waals surface area contributed by atoms with Crippen LogP contribution in [0.5, 0.6) is 0 Å². The number of rotatable bonds is 9. The fraction of sp³-hybridized carbons (Fsp3) is 0.269. The zero-order valence-electron chi connectivity index (χ0n) is 19.3. The second kappa shape index (κ2) is 10.8. The van der Waals surface area contributed by atoms with E-state index in [1.54, 1.807) is 19.2 Å². The Morgan fingerprint density at radius 1 is 1.03 bits per heavy atom. The van der Waals surface area contributed by atoms with Crippen molar-refractivity contribution in [3.05, 3.63) is 83.7 Å². The summed E-state index contributed by atoms with van der Waals surface area (Å²) in [6.45, 7) is 0.262. The number of nitrogens with zero attached hydrogens (tertiary/aromatic N) is 3. The van der Waals surface area contributed by atoms with Crippen molar-refractivity contribution < 1.29 is 24.2 Å². The molecule has 1 unspecified atom stereocenters. The number of carbonyl (C=O) groups is 3. The Balaban J connectivity index is 1.42. The molecule has 1 atom stereocenters. The first-order valence-corrected chi connectivity index (χ1v) is 11.3. The van der Waals surface area contributed by atoms with Gasteiger partial charge in [0.1, 0.15) is 12.6 Å². The maximum atomic E-state index is 13.0. The summed E-state index contributed by atoms with van der Waals surface area (Å²) < 4.78 is 5.53. The fourth-order valence-corrected chi connectivity index (χ4v) is 4.31. The van der Waals surface area contributed by atoms with Gasteiger partial charge in [-0.25, -0.2) is 4.79 Å². The number of carbonyl (C=O) groups excluding carboxylic acids is 2. The first-order valence-electron chi connectivity index (χ1n) is 11.3. The smallest absolute Gasteiger partial charge is 0.407 e. The van der Waals surface area contributed by atoms with Crippen molar-refractivity contribution in [1.29, 1.82) is 0 Å². The SMILES string of the molecule is CN(Cc1cccnn1)C(=O)C(CCC(=O)O)NC(=O)OCC1c2ccccc2-c2ccccc21. The molecule has 0 bridgehead atoms. The van der Waals surface area contributed by atoms with Crippen molar-refractivity contribution in [2.24, 2.45) is 0 Å². The Labute approximate surface area is 202 Å². The molecule has 2 amide bonds. The summed E-state index contributed by atoms with van der Waals surface area (Å²) in [6, 6.07) is 18.3. The van der Waals surface area contributed by atoms with E-state index in [2.05, 4.69) is 15.5 Å². The van der Waals surface area contributed by atoms with Crippen LogP contribution in [0.1, 0.15) is 35.6 Å². The number of ether oxygens (including phenoxy) is 1. The molecule has 180 valence electrons. The molecule has 0 saturated heterocycles. The predicted octanol–water partition coefficient (Wildman–Crippen LogP) is 3.21. The molecule has 1 aliphatic carbocycles. The highest BCUT2D eigenvalue weighted by atomic mass is 16.5. The Kier molecular flexibility index (Phi) is 7.35. The highest BCUT2D eigenvalue weighted by Gasteiger charge is 2.30.